The second-order valence-corrected chi connectivity index (χ2v) is 14.6. The lowest BCUT2D eigenvalue weighted by Gasteiger charge is -2.17. The highest BCUT2D eigenvalue weighted by Crippen LogP contribution is 2.37. The fourth-order valence-corrected chi connectivity index (χ4v) is 7.48. The molecule has 25 heavy (non-hydrogen) atoms. The Hall–Kier alpha value is -1.44. The maximum atomic E-state index is 12.6. The van der Waals surface area contributed by atoms with Crippen LogP contribution in [-0.2, 0) is 0 Å². The molecule has 0 atom stereocenters. The molecule has 2 aromatic carbocycles. The van der Waals surface area contributed by atoms with E-state index in [-0.39, 0.29) is 5.63 Å². The normalized spacial score (nSPS) is 12.2. The minimum absolute atomic E-state index is 0.261. The number of thiophene rings is 1. The predicted octanol–water partition coefficient (Wildman–Crippen LogP) is 5.82. The third-order valence-electron chi connectivity index (χ3n) is 4.28. The fraction of sp³-hybridized carbons (Fsp3) is 0.150. The molecule has 0 aliphatic rings. The van der Waals surface area contributed by atoms with E-state index in [0.29, 0.717) is 5.39 Å². The quantitative estimate of drug-likeness (QED) is 0.270. The van der Waals surface area contributed by atoms with Crippen LogP contribution in [0.3, 0.4) is 0 Å². The van der Waals surface area contributed by atoms with Crippen molar-refractivity contribution in [2.24, 2.45) is 0 Å². The van der Waals surface area contributed by atoms with E-state index in [4.69, 9.17) is 4.42 Å². The van der Waals surface area contributed by atoms with Gasteiger partial charge in [-0.05, 0) is 34.7 Å². The van der Waals surface area contributed by atoms with Gasteiger partial charge in [0.05, 0.1) is 17.0 Å². The third-order valence-corrected chi connectivity index (χ3v) is 10.1. The molecule has 0 saturated carbocycles. The Morgan fingerprint density at radius 1 is 0.920 bits per heavy atom. The van der Waals surface area contributed by atoms with Crippen LogP contribution in [0.1, 0.15) is 0 Å². The van der Waals surface area contributed by atoms with Crippen LogP contribution in [-0.4, -0.2) is 8.07 Å². The van der Waals surface area contributed by atoms with Crippen LogP contribution in [0.2, 0.25) is 19.6 Å². The molecule has 0 N–H and O–H groups in total. The van der Waals surface area contributed by atoms with Crippen molar-refractivity contribution in [3.05, 3.63) is 62.5 Å². The van der Waals surface area contributed by atoms with E-state index >= 15 is 0 Å². The summed E-state index contributed by atoms with van der Waals surface area (Å²) in [7, 11) is -1.60. The van der Waals surface area contributed by atoms with Crippen LogP contribution in [0.4, 0.5) is 0 Å². The van der Waals surface area contributed by atoms with Gasteiger partial charge in [-0.2, -0.15) is 0 Å². The Bertz CT molecular complexity index is 1170. The number of benzene rings is 2. The first kappa shape index (κ1) is 17.0. The molecule has 2 heterocycles. The summed E-state index contributed by atoms with van der Waals surface area (Å²) in [5.74, 6) is 0.721. The van der Waals surface area contributed by atoms with E-state index in [0.717, 1.165) is 20.3 Å². The lowest BCUT2D eigenvalue weighted by Crippen LogP contribution is -2.36. The molecule has 5 heteroatoms. The van der Waals surface area contributed by atoms with E-state index in [2.05, 4.69) is 66.5 Å². The average molecular weight is 476 g/mol. The number of rotatable bonds is 2. The Morgan fingerprint density at radius 2 is 1.52 bits per heavy atom. The SMILES string of the molecule is C[Si](C)(C)c1sc2ccccc2c1-c1oc(=O)c2ccccc2c1I. The van der Waals surface area contributed by atoms with E-state index < -0.39 is 8.07 Å². The van der Waals surface area contributed by atoms with Gasteiger partial charge in [0.2, 0.25) is 0 Å². The Labute approximate surface area is 164 Å². The molecule has 2 aromatic heterocycles. The van der Waals surface area contributed by atoms with Crippen molar-refractivity contribution in [3.63, 3.8) is 0 Å². The number of fused-ring (bicyclic) bond motifs is 2. The fourth-order valence-electron chi connectivity index (χ4n) is 3.13. The molecule has 4 rings (SSSR count). The predicted molar refractivity (Wildman–Crippen MR) is 119 cm³/mol. The van der Waals surface area contributed by atoms with Crippen molar-refractivity contribution >= 4 is 67.4 Å². The van der Waals surface area contributed by atoms with Crippen molar-refractivity contribution < 1.29 is 4.42 Å². The summed E-state index contributed by atoms with van der Waals surface area (Å²) in [5, 5.41) is 2.79. The first-order chi connectivity index (χ1) is 11.9. The molecular weight excluding hydrogens is 459 g/mol. The summed E-state index contributed by atoms with van der Waals surface area (Å²) < 4.78 is 9.52. The Morgan fingerprint density at radius 3 is 2.20 bits per heavy atom. The smallest absolute Gasteiger partial charge is 0.344 e. The second kappa shape index (κ2) is 6.07. The summed E-state index contributed by atoms with van der Waals surface area (Å²) in [4.78, 5) is 12.6. The van der Waals surface area contributed by atoms with Gasteiger partial charge in [-0.25, -0.2) is 4.79 Å². The van der Waals surface area contributed by atoms with Crippen molar-refractivity contribution in [1.29, 1.82) is 0 Å². The molecule has 0 spiro atoms. The van der Waals surface area contributed by atoms with Crippen molar-refractivity contribution in [1.82, 2.24) is 0 Å². The van der Waals surface area contributed by atoms with E-state index in [9.17, 15) is 4.79 Å². The lowest BCUT2D eigenvalue weighted by molar-refractivity contribution is 0.533. The molecule has 2 nitrogen and oxygen atoms in total. The monoisotopic (exact) mass is 476 g/mol. The largest absolute Gasteiger partial charge is 0.421 e. The van der Waals surface area contributed by atoms with Crippen molar-refractivity contribution in [2.75, 3.05) is 0 Å². The maximum Gasteiger partial charge on any atom is 0.344 e. The van der Waals surface area contributed by atoms with E-state index in [1.54, 1.807) is 0 Å². The van der Waals surface area contributed by atoms with Crippen LogP contribution in [0, 0.1) is 3.57 Å². The molecule has 0 radical (unpaired) electrons. The van der Waals surface area contributed by atoms with E-state index in [1.165, 1.54) is 14.6 Å². The third kappa shape index (κ3) is 2.78. The lowest BCUT2D eigenvalue weighted by atomic mass is 10.1. The molecule has 4 aromatic rings. The summed E-state index contributed by atoms with van der Waals surface area (Å²) in [5.41, 5.74) is 0.856. The van der Waals surface area contributed by atoms with Gasteiger partial charge < -0.3 is 4.42 Å². The van der Waals surface area contributed by atoms with Gasteiger partial charge in [0.15, 0.2) is 5.76 Å². The molecular formula is C20H17IO2SSi. The van der Waals surface area contributed by atoms with Gasteiger partial charge in [-0.15, -0.1) is 11.3 Å². The Balaban J connectivity index is 2.17. The zero-order valence-corrected chi connectivity index (χ0v) is 18.2. The summed E-state index contributed by atoms with van der Waals surface area (Å²) in [6, 6.07) is 16.1. The van der Waals surface area contributed by atoms with Crippen LogP contribution in [0.5, 0.6) is 0 Å². The number of halogens is 1. The highest BCUT2D eigenvalue weighted by molar-refractivity contribution is 14.1. The van der Waals surface area contributed by atoms with Gasteiger partial charge in [0, 0.05) is 25.5 Å². The topological polar surface area (TPSA) is 30.2 Å². The van der Waals surface area contributed by atoms with Crippen LogP contribution >= 0.6 is 33.9 Å². The first-order valence-corrected chi connectivity index (χ1v) is 13.5. The van der Waals surface area contributed by atoms with Crippen LogP contribution in [0.15, 0.2) is 57.7 Å². The van der Waals surface area contributed by atoms with Gasteiger partial charge in [-0.1, -0.05) is 56.0 Å². The van der Waals surface area contributed by atoms with Gasteiger partial charge >= 0.3 is 5.63 Å². The molecule has 0 amide bonds. The van der Waals surface area contributed by atoms with E-state index in [1.807, 2.05) is 35.6 Å². The van der Waals surface area contributed by atoms with Crippen molar-refractivity contribution in [3.8, 4) is 11.3 Å². The molecule has 0 aliphatic heterocycles. The van der Waals surface area contributed by atoms with Crippen LogP contribution in [0.25, 0.3) is 32.2 Å². The summed E-state index contributed by atoms with van der Waals surface area (Å²) >= 11 is 4.16. The maximum absolute atomic E-state index is 12.6. The molecule has 0 aliphatic carbocycles. The summed E-state index contributed by atoms with van der Waals surface area (Å²) in [6.45, 7) is 7.02. The molecule has 126 valence electrons. The molecule has 0 saturated heterocycles. The van der Waals surface area contributed by atoms with Gasteiger partial charge in [-0.3, -0.25) is 0 Å². The highest BCUT2D eigenvalue weighted by atomic mass is 127. The molecule has 0 unspecified atom stereocenters. The van der Waals surface area contributed by atoms with Crippen molar-refractivity contribution in [2.45, 2.75) is 19.6 Å². The highest BCUT2D eigenvalue weighted by Gasteiger charge is 2.28. The first-order valence-electron chi connectivity index (χ1n) is 8.11. The Kier molecular flexibility index (Phi) is 4.13. The number of hydrogen-bond donors (Lipinski definition) is 0. The zero-order chi connectivity index (χ0) is 17.8. The minimum Gasteiger partial charge on any atom is -0.421 e. The molecule has 0 fully saturated rings. The molecule has 0 bridgehead atoms. The standard InChI is InChI=1S/C20H17IO2SSi/c1-25(2,3)20-16(14-10-6-7-11-15(14)24-20)18-17(21)12-8-4-5-9-13(12)19(22)23-18/h4-11H,1-3H3. The zero-order valence-electron chi connectivity index (χ0n) is 14.2. The average Bonchev–Trinajstić information content (AvgIpc) is 2.98. The van der Waals surface area contributed by atoms with Crippen LogP contribution < -0.4 is 10.1 Å². The summed E-state index contributed by atoms with van der Waals surface area (Å²) in [6.07, 6.45) is 0. The van der Waals surface area contributed by atoms with Gasteiger partial charge in [0.25, 0.3) is 0 Å². The van der Waals surface area contributed by atoms with Gasteiger partial charge in [0.1, 0.15) is 0 Å². The minimum atomic E-state index is -1.60. The second-order valence-electron chi connectivity index (χ2n) is 7.13. The number of hydrogen-bond acceptors (Lipinski definition) is 3.